The number of carbonyl (C=O) groups excluding carboxylic acids is 1. The molecular formula is C15H16ClN5O2. The fraction of sp³-hybridized carbons (Fsp3) is 0.333. The summed E-state index contributed by atoms with van der Waals surface area (Å²) in [4.78, 5) is 24.7. The number of carbonyl (C=O) groups is 1. The van der Waals surface area contributed by atoms with Crippen molar-refractivity contribution in [1.29, 1.82) is 10.8 Å². The first-order valence-electron chi connectivity index (χ1n) is 7.17. The first-order chi connectivity index (χ1) is 10.8. The zero-order chi connectivity index (χ0) is 16.9. The lowest BCUT2D eigenvalue weighted by molar-refractivity contribution is 0.103. The van der Waals surface area contributed by atoms with Gasteiger partial charge < -0.3 is 0 Å². The molecule has 0 amide bonds. The fourth-order valence-corrected chi connectivity index (χ4v) is 2.79. The summed E-state index contributed by atoms with van der Waals surface area (Å²) in [6.07, 6.45) is 3.36. The number of hydrogen-bond acceptors (Lipinski definition) is 4. The average Bonchev–Trinajstić information content (AvgIpc) is 3.30. The minimum atomic E-state index is -0.520. The number of H-pyrrole nitrogens is 1. The highest BCUT2D eigenvalue weighted by molar-refractivity contribution is 6.34. The largest absolute Gasteiger partial charge is 0.299 e. The molecule has 3 rings (SSSR count). The van der Waals surface area contributed by atoms with Crippen LogP contribution in [0.25, 0.3) is 0 Å². The Labute approximate surface area is 136 Å². The molecule has 0 spiro atoms. The molecule has 0 saturated heterocycles. The third-order valence-corrected chi connectivity index (χ3v) is 4.38. The van der Waals surface area contributed by atoms with E-state index in [2.05, 4.69) is 5.10 Å². The Morgan fingerprint density at radius 2 is 2.09 bits per heavy atom. The molecule has 2 aromatic rings. The van der Waals surface area contributed by atoms with Crippen molar-refractivity contribution < 1.29 is 4.79 Å². The van der Waals surface area contributed by atoms with Crippen LogP contribution in [0, 0.1) is 23.7 Å². The predicted octanol–water partition coefficient (Wildman–Crippen LogP) is 1.42. The van der Waals surface area contributed by atoms with E-state index in [1.807, 2.05) is 0 Å². The summed E-state index contributed by atoms with van der Waals surface area (Å²) in [6, 6.07) is 1.46. The van der Waals surface area contributed by atoms with Crippen LogP contribution in [0.4, 0.5) is 0 Å². The molecule has 0 aliphatic heterocycles. The summed E-state index contributed by atoms with van der Waals surface area (Å²) in [6.45, 7) is 1.63. The van der Waals surface area contributed by atoms with Crippen molar-refractivity contribution in [2.45, 2.75) is 19.8 Å². The molecule has 3 N–H and O–H groups in total. The number of ketones is 1. The van der Waals surface area contributed by atoms with Gasteiger partial charge in [0.05, 0.1) is 5.02 Å². The fourth-order valence-electron chi connectivity index (χ4n) is 2.55. The molecule has 1 fully saturated rings. The molecule has 1 aliphatic rings. The van der Waals surface area contributed by atoms with Gasteiger partial charge in [-0.3, -0.25) is 34.8 Å². The first kappa shape index (κ1) is 15.5. The van der Waals surface area contributed by atoms with Crippen molar-refractivity contribution in [1.82, 2.24) is 14.3 Å². The number of aryl methyl sites for hydroxylation is 2. The number of nitrogens with one attached hydrogen (secondary N) is 3. The second-order valence-electron chi connectivity index (χ2n) is 5.73. The van der Waals surface area contributed by atoms with Gasteiger partial charge in [-0.15, -0.1) is 0 Å². The van der Waals surface area contributed by atoms with Gasteiger partial charge in [0.2, 0.25) is 5.78 Å². The highest BCUT2D eigenvalue weighted by atomic mass is 35.5. The molecule has 0 atom stereocenters. The van der Waals surface area contributed by atoms with Crippen LogP contribution < -0.4 is 11.0 Å². The molecular weight excluding hydrogens is 318 g/mol. The summed E-state index contributed by atoms with van der Waals surface area (Å²) >= 11 is 6.18. The van der Waals surface area contributed by atoms with Gasteiger partial charge in [-0.1, -0.05) is 11.6 Å². The number of rotatable bonds is 3. The van der Waals surface area contributed by atoms with E-state index in [-0.39, 0.29) is 27.6 Å². The maximum absolute atomic E-state index is 12.6. The summed E-state index contributed by atoms with van der Waals surface area (Å²) in [5.41, 5.74) is 0.0182. The Hall–Kier alpha value is -2.41. The summed E-state index contributed by atoms with van der Waals surface area (Å²) in [7, 11) is 1.53. The van der Waals surface area contributed by atoms with Gasteiger partial charge in [-0.2, -0.15) is 0 Å². The second-order valence-corrected chi connectivity index (χ2v) is 6.10. The maximum atomic E-state index is 12.6. The van der Waals surface area contributed by atoms with Crippen LogP contribution in [0.1, 0.15) is 34.5 Å². The highest BCUT2D eigenvalue weighted by Crippen LogP contribution is 2.30. The Morgan fingerprint density at radius 3 is 2.61 bits per heavy atom. The zero-order valence-corrected chi connectivity index (χ0v) is 13.5. The maximum Gasteiger partial charge on any atom is 0.277 e. The summed E-state index contributed by atoms with van der Waals surface area (Å²) < 4.78 is 2.60. The molecule has 1 aliphatic carbocycles. The Balaban J connectivity index is 2.09. The minimum Gasteiger partial charge on any atom is -0.299 e. The van der Waals surface area contributed by atoms with Crippen molar-refractivity contribution in [3.63, 3.8) is 0 Å². The van der Waals surface area contributed by atoms with Gasteiger partial charge in [0, 0.05) is 30.4 Å². The smallest absolute Gasteiger partial charge is 0.277 e. The van der Waals surface area contributed by atoms with Crippen molar-refractivity contribution in [2.24, 2.45) is 13.0 Å². The highest BCUT2D eigenvalue weighted by Gasteiger charge is 2.29. The number of nitrogens with zero attached hydrogens (tertiary/aromatic N) is 2. The van der Waals surface area contributed by atoms with Crippen LogP contribution in [0.5, 0.6) is 0 Å². The summed E-state index contributed by atoms with van der Waals surface area (Å²) in [5.74, 6) is -0.0569. The van der Waals surface area contributed by atoms with Gasteiger partial charge in [0.25, 0.3) is 5.56 Å². The number of aromatic nitrogens is 3. The Kier molecular flexibility index (Phi) is 3.60. The van der Waals surface area contributed by atoms with E-state index < -0.39 is 11.3 Å². The number of halogens is 1. The van der Waals surface area contributed by atoms with Gasteiger partial charge in [0.15, 0.2) is 0 Å². The SMILES string of the molecule is Cc1[nH]n(C)c(=O)c1C(=O)c1ccn(C(=N)C2CC2)c(=N)c1Cl. The van der Waals surface area contributed by atoms with E-state index in [0.717, 1.165) is 12.8 Å². The molecule has 23 heavy (non-hydrogen) atoms. The quantitative estimate of drug-likeness (QED) is 0.449. The van der Waals surface area contributed by atoms with Crippen molar-refractivity contribution in [3.8, 4) is 0 Å². The van der Waals surface area contributed by atoms with E-state index in [1.165, 1.54) is 28.6 Å². The van der Waals surface area contributed by atoms with Gasteiger partial charge in [0.1, 0.15) is 16.9 Å². The van der Waals surface area contributed by atoms with Crippen LogP contribution in [0.3, 0.4) is 0 Å². The minimum absolute atomic E-state index is 0.0174. The first-order valence-corrected chi connectivity index (χ1v) is 7.55. The van der Waals surface area contributed by atoms with Crippen LogP contribution in [-0.4, -0.2) is 26.0 Å². The summed E-state index contributed by atoms with van der Waals surface area (Å²) in [5, 5.41) is 18.9. The van der Waals surface area contributed by atoms with Crippen molar-refractivity contribution in [2.75, 3.05) is 0 Å². The lowest BCUT2D eigenvalue weighted by atomic mass is 10.1. The monoisotopic (exact) mass is 333 g/mol. The van der Waals surface area contributed by atoms with Gasteiger partial charge in [-0.25, -0.2) is 0 Å². The number of aromatic amines is 1. The third kappa shape index (κ3) is 2.46. The molecule has 0 aromatic carbocycles. The third-order valence-electron chi connectivity index (χ3n) is 4.00. The van der Waals surface area contributed by atoms with Crippen molar-refractivity contribution >= 4 is 23.2 Å². The van der Waals surface area contributed by atoms with Crippen LogP contribution in [0.15, 0.2) is 17.1 Å². The van der Waals surface area contributed by atoms with Crippen LogP contribution in [0.2, 0.25) is 5.02 Å². The Bertz CT molecular complexity index is 946. The molecule has 0 bridgehead atoms. The lowest BCUT2D eigenvalue weighted by Gasteiger charge is -2.10. The van der Waals surface area contributed by atoms with E-state index >= 15 is 0 Å². The molecule has 8 heteroatoms. The van der Waals surface area contributed by atoms with E-state index in [1.54, 1.807) is 6.92 Å². The molecule has 120 valence electrons. The molecule has 7 nitrogen and oxygen atoms in total. The van der Waals surface area contributed by atoms with Gasteiger partial charge >= 0.3 is 0 Å². The molecule has 2 heterocycles. The second kappa shape index (κ2) is 5.34. The average molecular weight is 334 g/mol. The number of pyridine rings is 1. The number of hydrogen-bond donors (Lipinski definition) is 3. The lowest BCUT2D eigenvalue weighted by Crippen LogP contribution is -2.30. The molecule has 1 saturated carbocycles. The standard InChI is InChI=1S/C15H16ClN5O2/c1-7-10(15(23)20(2)19-7)12(22)9-5-6-21(14(18)11(9)16)13(17)8-3-4-8/h5-6,8,17-19H,3-4H2,1-2H3. The zero-order valence-electron chi connectivity index (χ0n) is 12.7. The molecule has 0 radical (unpaired) electrons. The topological polar surface area (TPSA) is 107 Å². The predicted molar refractivity (Wildman–Crippen MR) is 85.3 cm³/mol. The Morgan fingerprint density at radius 1 is 1.43 bits per heavy atom. The van der Waals surface area contributed by atoms with E-state index in [0.29, 0.717) is 11.5 Å². The molecule has 0 unspecified atom stereocenters. The van der Waals surface area contributed by atoms with Crippen molar-refractivity contribution in [3.05, 3.63) is 49.9 Å². The molecule has 2 aromatic heterocycles. The van der Waals surface area contributed by atoms with Gasteiger partial charge in [-0.05, 0) is 25.8 Å². The normalized spacial score (nSPS) is 14.0. The van der Waals surface area contributed by atoms with E-state index in [9.17, 15) is 9.59 Å². The van der Waals surface area contributed by atoms with Crippen LogP contribution >= 0.6 is 11.6 Å². The van der Waals surface area contributed by atoms with Crippen LogP contribution in [-0.2, 0) is 7.05 Å². The van der Waals surface area contributed by atoms with E-state index in [4.69, 9.17) is 22.4 Å².